The number of methoxy groups -OCH3 is 1. The highest BCUT2D eigenvalue weighted by atomic mass is 16.5. The monoisotopic (exact) mass is 342 g/mol. The van der Waals surface area contributed by atoms with E-state index in [1.165, 1.54) is 26.4 Å². The van der Waals surface area contributed by atoms with Crippen LogP contribution < -0.4 is 10.9 Å². The standard InChI is InChI=1S/C20H26N2O3/c1-25-17(16-5-3-2-4-6-16)18(23)21-22-19(24)20-10-13-7-14(11-20)9-15(8-13)12-20/h2-6,13-15,17H,7-12H2,1H3,(H,21,23)(H,22,24)/t13?,14?,15?,17-,20?/m0/s1. The van der Waals surface area contributed by atoms with Crippen molar-refractivity contribution in [3.05, 3.63) is 35.9 Å². The average molecular weight is 342 g/mol. The van der Waals surface area contributed by atoms with Crippen molar-refractivity contribution < 1.29 is 14.3 Å². The predicted octanol–water partition coefficient (Wildman–Crippen LogP) is 2.74. The predicted molar refractivity (Wildman–Crippen MR) is 93.1 cm³/mol. The lowest BCUT2D eigenvalue weighted by atomic mass is 9.49. The Hall–Kier alpha value is -1.88. The molecule has 5 rings (SSSR count). The van der Waals surface area contributed by atoms with Crippen LogP contribution >= 0.6 is 0 Å². The lowest BCUT2D eigenvalue weighted by molar-refractivity contribution is -0.150. The summed E-state index contributed by atoms with van der Waals surface area (Å²) in [6, 6.07) is 9.30. The van der Waals surface area contributed by atoms with Crippen LogP contribution in [0.5, 0.6) is 0 Å². The zero-order chi connectivity index (χ0) is 17.4. The van der Waals surface area contributed by atoms with Crippen molar-refractivity contribution in [1.29, 1.82) is 0 Å². The Balaban J connectivity index is 1.39. The maximum atomic E-state index is 12.9. The first-order valence-corrected chi connectivity index (χ1v) is 9.28. The lowest BCUT2D eigenvalue weighted by Crippen LogP contribution is -2.57. The maximum Gasteiger partial charge on any atom is 0.272 e. The number of hydrazine groups is 1. The van der Waals surface area contributed by atoms with Gasteiger partial charge in [-0.15, -0.1) is 0 Å². The first-order chi connectivity index (χ1) is 12.1. The Morgan fingerprint density at radius 2 is 1.56 bits per heavy atom. The van der Waals surface area contributed by atoms with E-state index in [4.69, 9.17) is 4.74 Å². The van der Waals surface area contributed by atoms with Gasteiger partial charge < -0.3 is 4.74 Å². The number of hydrogen-bond donors (Lipinski definition) is 2. The molecule has 0 radical (unpaired) electrons. The largest absolute Gasteiger partial charge is 0.367 e. The van der Waals surface area contributed by atoms with Gasteiger partial charge >= 0.3 is 0 Å². The van der Waals surface area contributed by atoms with E-state index in [0.717, 1.165) is 24.8 Å². The summed E-state index contributed by atoms with van der Waals surface area (Å²) in [6.07, 6.45) is 6.08. The molecule has 4 fully saturated rings. The van der Waals surface area contributed by atoms with Crippen LogP contribution in [0.25, 0.3) is 0 Å². The topological polar surface area (TPSA) is 67.4 Å². The molecule has 4 aliphatic rings. The molecule has 2 amide bonds. The Morgan fingerprint density at radius 1 is 1.00 bits per heavy atom. The number of carbonyl (C=O) groups is 2. The van der Waals surface area contributed by atoms with Gasteiger partial charge in [0.25, 0.3) is 5.91 Å². The summed E-state index contributed by atoms with van der Waals surface area (Å²) in [6.45, 7) is 0. The van der Waals surface area contributed by atoms with Gasteiger partial charge in [-0.05, 0) is 61.8 Å². The van der Waals surface area contributed by atoms with Crippen molar-refractivity contribution in [2.24, 2.45) is 23.2 Å². The van der Waals surface area contributed by atoms with Gasteiger partial charge in [-0.2, -0.15) is 0 Å². The van der Waals surface area contributed by atoms with Gasteiger partial charge in [0.1, 0.15) is 0 Å². The minimum atomic E-state index is -0.724. The average Bonchev–Trinajstić information content (AvgIpc) is 2.60. The number of hydrogen-bond acceptors (Lipinski definition) is 3. The number of amides is 2. The first kappa shape index (κ1) is 16.6. The van der Waals surface area contributed by atoms with Crippen molar-refractivity contribution >= 4 is 11.8 Å². The van der Waals surface area contributed by atoms with E-state index in [9.17, 15) is 9.59 Å². The zero-order valence-electron chi connectivity index (χ0n) is 14.7. The van der Waals surface area contributed by atoms with Crippen molar-refractivity contribution in [2.75, 3.05) is 7.11 Å². The van der Waals surface area contributed by atoms with Crippen LogP contribution in [0, 0.1) is 23.2 Å². The molecule has 0 aliphatic heterocycles. The number of benzene rings is 1. The van der Waals surface area contributed by atoms with E-state index < -0.39 is 6.10 Å². The minimum Gasteiger partial charge on any atom is -0.367 e. The molecule has 1 atom stereocenters. The molecule has 5 nitrogen and oxygen atoms in total. The van der Waals surface area contributed by atoms with Crippen LogP contribution in [0.4, 0.5) is 0 Å². The highest BCUT2D eigenvalue weighted by Crippen LogP contribution is 2.60. The van der Waals surface area contributed by atoms with E-state index >= 15 is 0 Å². The van der Waals surface area contributed by atoms with Crippen LogP contribution in [0.15, 0.2) is 30.3 Å². The molecule has 4 aliphatic carbocycles. The molecular weight excluding hydrogens is 316 g/mol. The summed E-state index contributed by atoms with van der Waals surface area (Å²) in [5, 5.41) is 0. The fourth-order valence-electron chi connectivity index (χ4n) is 5.73. The van der Waals surface area contributed by atoms with E-state index in [1.807, 2.05) is 30.3 Å². The summed E-state index contributed by atoms with van der Waals surface area (Å²) < 4.78 is 5.32. The van der Waals surface area contributed by atoms with Gasteiger partial charge in [0.05, 0.1) is 5.41 Å². The van der Waals surface area contributed by atoms with Crippen LogP contribution in [0.3, 0.4) is 0 Å². The van der Waals surface area contributed by atoms with Gasteiger partial charge in [-0.25, -0.2) is 0 Å². The number of ether oxygens (including phenoxy) is 1. The first-order valence-electron chi connectivity index (χ1n) is 9.28. The highest BCUT2D eigenvalue weighted by molar-refractivity contribution is 5.88. The maximum absolute atomic E-state index is 12.9. The van der Waals surface area contributed by atoms with E-state index in [1.54, 1.807) is 0 Å². The number of rotatable bonds is 4. The Labute approximate surface area is 148 Å². The van der Waals surface area contributed by atoms with Crippen LogP contribution in [-0.4, -0.2) is 18.9 Å². The quantitative estimate of drug-likeness (QED) is 0.827. The molecule has 2 N–H and O–H groups in total. The second kappa shape index (κ2) is 6.45. The van der Waals surface area contributed by atoms with Gasteiger partial charge in [0, 0.05) is 7.11 Å². The van der Waals surface area contributed by atoms with Crippen molar-refractivity contribution in [3.8, 4) is 0 Å². The molecular formula is C20H26N2O3. The summed E-state index contributed by atoms with van der Waals surface area (Å²) in [5.74, 6) is 1.74. The molecule has 1 aromatic rings. The molecule has 0 spiro atoms. The van der Waals surface area contributed by atoms with Crippen molar-refractivity contribution in [2.45, 2.75) is 44.6 Å². The molecule has 25 heavy (non-hydrogen) atoms. The number of nitrogens with one attached hydrogen (secondary N) is 2. The molecule has 0 unspecified atom stereocenters. The second-order valence-corrected chi connectivity index (χ2v) is 8.17. The van der Waals surface area contributed by atoms with E-state index in [0.29, 0.717) is 17.8 Å². The third kappa shape index (κ3) is 3.06. The van der Waals surface area contributed by atoms with E-state index in [-0.39, 0.29) is 17.2 Å². The third-order valence-electron chi connectivity index (χ3n) is 6.40. The molecule has 1 aromatic carbocycles. The molecule has 0 aromatic heterocycles. The summed E-state index contributed by atoms with van der Waals surface area (Å²) in [5.41, 5.74) is 5.80. The highest BCUT2D eigenvalue weighted by Gasteiger charge is 2.54. The van der Waals surface area contributed by atoms with Gasteiger partial charge in [0.2, 0.25) is 5.91 Å². The molecule has 5 heteroatoms. The molecule has 134 valence electrons. The Kier molecular flexibility index (Phi) is 4.28. The zero-order valence-corrected chi connectivity index (χ0v) is 14.7. The molecule has 0 saturated heterocycles. The number of carbonyl (C=O) groups excluding carboxylic acids is 2. The fraction of sp³-hybridized carbons (Fsp3) is 0.600. The summed E-state index contributed by atoms with van der Waals surface area (Å²) in [7, 11) is 1.50. The molecule has 0 heterocycles. The van der Waals surface area contributed by atoms with Gasteiger partial charge in [-0.3, -0.25) is 20.4 Å². The van der Waals surface area contributed by atoms with Crippen molar-refractivity contribution in [1.82, 2.24) is 10.9 Å². The smallest absolute Gasteiger partial charge is 0.272 e. The van der Waals surface area contributed by atoms with Crippen LogP contribution in [0.2, 0.25) is 0 Å². The van der Waals surface area contributed by atoms with Crippen molar-refractivity contribution in [3.63, 3.8) is 0 Å². The summed E-state index contributed by atoms with van der Waals surface area (Å²) >= 11 is 0. The van der Waals surface area contributed by atoms with Gasteiger partial charge in [-0.1, -0.05) is 30.3 Å². The molecule has 4 saturated carbocycles. The van der Waals surface area contributed by atoms with E-state index in [2.05, 4.69) is 10.9 Å². The SMILES string of the molecule is CO[C@H](C(=O)NNC(=O)C12CC3CC(CC(C3)C1)C2)c1ccccc1. The Morgan fingerprint density at radius 3 is 2.08 bits per heavy atom. The molecule has 4 bridgehead atoms. The Bertz CT molecular complexity index is 623. The lowest BCUT2D eigenvalue weighted by Gasteiger charge is -2.55. The minimum absolute atomic E-state index is 0.0112. The van der Waals surface area contributed by atoms with Crippen LogP contribution in [-0.2, 0) is 14.3 Å². The second-order valence-electron chi connectivity index (χ2n) is 8.17. The van der Waals surface area contributed by atoms with Gasteiger partial charge in [0.15, 0.2) is 6.10 Å². The van der Waals surface area contributed by atoms with Crippen LogP contribution in [0.1, 0.15) is 50.2 Å². The summed E-state index contributed by atoms with van der Waals surface area (Å²) in [4.78, 5) is 25.3. The normalized spacial score (nSPS) is 33.7. The fourth-order valence-corrected chi connectivity index (χ4v) is 5.73. The third-order valence-corrected chi connectivity index (χ3v) is 6.40.